The molecule has 74 valence electrons. The zero-order chi connectivity index (χ0) is 10.7. The maximum Gasteiger partial charge on any atom is 0.336 e. The van der Waals surface area contributed by atoms with E-state index in [-0.39, 0.29) is 11.1 Å². The molecule has 0 unspecified atom stereocenters. The van der Waals surface area contributed by atoms with Gasteiger partial charge in [0.1, 0.15) is 0 Å². The fourth-order valence-electron chi connectivity index (χ4n) is 1.01. The van der Waals surface area contributed by atoms with Gasteiger partial charge in [0, 0.05) is 4.90 Å². The molecule has 0 saturated heterocycles. The summed E-state index contributed by atoms with van der Waals surface area (Å²) in [6.45, 7) is 0. The van der Waals surface area contributed by atoms with Gasteiger partial charge in [0.15, 0.2) is 0 Å². The van der Waals surface area contributed by atoms with Crippen LogP contribution in [0, 0.1) is 0 Å². The molecule has 0 fully saturated rings. The molecule has 2 N–H and O–H groups in total. The molecule has 4 nitrogen and oxygen atoms in total. The van der Waals surface area contributed by atoms with Crippen molar-refractivity contribution in [1.82, 2.24) is 0 Å². The highest BCUT2D eigenvalue weighted by atomic mass is 32.2. The first kappa shape index (κ1) is 10.6. The van der Waals surface area contributed by atoms with Gasteiger partial charge in [0.25, 0.3) is 0 Å². The number of thioether (sulfide) groups is 1. The van der Waals surface area contributed by atoms with Crippen LogP contribution in [0.5, 0.6) is 0 Å². The Hall–Kier alpha value is -1.49. The predicted molar refractivity (Wildman–Crippen MR) is 52.1 cm³/mol. The minimum Gasteiger partial charge on any atom is -0.478 e. The van der Waals surface area contributed by atoms with Crippen LogP contribution in [0.3, 0.4) is 0 Å². The van der Waals surface area contributed by atoms with Crippen molar-refractivity contribution in [3.63, 3.8) is 0 Å². The lowest BCUT2D eigenvalue weighted by atomic mass is 10.1. The average Bonchev–Trinajstić information content (AvgIpc) is 2.16. The van der Waals surface area contributed by atoms with E-state index in [0.29, 0.717) is 4.90 Å². The molecular weight excluding hydrogens is 204 g/mol. The van der Waals surface area contributed by atoms with E-state index in [1.165, 1.54) is 23.9 Å². The zero-order valence-corrected chi connectivity index (χ0v) is 8.17. The van der Waals surface area contributed by atoms with Gasteiger partial charge in [-0.2, -0.15) is 0 Å². The number of rotatable bonds is 3. The van der Waals surface area contributed by atoms with Gasteiger partial charge in [-0.15, -0.1) is 11.8 Å². The fourth-order valence-corrected chi connectivity index (χ4v) is 1.58. The molecule has 0 radical (unpaired) electrons. The van der Waals surface area contributed by atoms with Gasteiger partial charge in [-0.25, -0.2) is 9.59 Å². The van der Waals surface area contributed by atoms with Crippen LogP contribution in [0.25, 0.3) is 0 Å². The number of carboxylic acids is 2. The maximum absolute atomic E-state index is 10.7. The van der Waals surface area contributed by atoms with Gasteiger partial charge < -0.3 is 10.2 Å². The Morgan fingerprint density at radius 1 is 1.21 bits per heavy atom. The monoisotopic (exact) mass is 212 g/mol. The molecule has 1 aromatic rings. The molecule has 0 atom stereocenters. The zero-order valence-electron chi connectivity index (χ0n) is 7.35. The standard InChI is InChI=1S/C9H8O4S/c1-14-7-3-2-5(8(10)11)4-6(7)9(12)13/h2-4H,1H3,(H,10,11)(H,12,13). The molecule has 0 heterocycles. The lowest BCUT2D eigenvalue weighted by Crippen LogP contribution is -2.03. The first-order valence-electron chi connectivity index (χ1n) is 3.71. The number of hydrogen-bond acceptors (Lipinski definition) is 3. The number of carboxylic acid groups (broad SMARTS) is 2. The van der Waals surface area contributed by atoms with Crippen LogP contribution in [-0.2, 0) is 0 Å². The number of hydrogen-bond donors (Lipinski definition) is 2. The number of aromatic carboxylic acids is 2. The highest BCUT2D eigenvalue weighted by Crippen LogP contribution is 2.21. The van der Waals surface area contributed by atoms with Gasteiger partial charge in [-0.3, -0.25) is 0 Å². The van der Waals surface area contributed by atoms with Crippen LogP contribution in [0.4, 0.5) is 0 Å². The Morgan fingerprint density at radius 2 is 1.86 bits per heavy atom. The van der Waals surface area contributed by atoms with Crippen LogP contribution < -0.4 is 0 Å². The van der Waals surface area contributed by atoms with E-state index in [1.54, 1.807) is 6.26 Å². The van der Waals surface area contributed by atoms with E-state index < -0.39 is 11.9 Å². The van der Waals surface area contributed by atoms with Crippen LogP contribution >= 0.6 is 11.8 Å². The van der Waals surface area contributed by atoms with E-state index in [0.717, 1.165) is 6.07 Å². The third-order valence-corrected chi connectivity index (χ3v) is 2.47. The van der Waals surface area contributed by atoms with Gasteiger partial charge in [0.05, 0.1) is 11.1 Å². The summed E-state index contributed by atoms with van der Waals surface area (Å²) < 4.78 is 0. The number of carbonyl (C=O) groups is 2. The van der Waals surface area contributed by atoms with E-state index in [1.807, 2.05) is 0 Å². The second kappa shape index (κ2) is 4.15. The SMILES string of the molecule is CSc1ccc(C(=O)O)cc1C(=O)O. The summed E-state index contributed by atoms with van der Waals surface area (Å²) in [5.74, 6) is -2.24. The molecule has 0 aliphatic rings. The van der Waals surface area contributed by atoms with Crippen molar-refractivity contribution < 1.29 is 19.8 Å². The molecule has 1 aromatic carbocycles. The molecule has 0 aliphatic heterocycles. The third-order valence-electron chi connectivity index (χ3n) is 1.68. The Kier molecular flexibility index (Phi) is 3.14. The van der Waals surface area contributed by atoms with Gasteiger partial charge >= 0.3 is 11.9 Å². The lowest BCUT2D eigenvalue weighted by Gasteiger charge is -2.03. The normalized spacial score (nSPS) is 9.79. The highest BCUT2D eigenvalue weighted by molar-refractivity contribution is 7.98. The quantitative estimate of drug-likeness (QED) is 0.747. The number of benzene rings is 1. The van der Waals surface area contributed by atoms with Gasteiger partial charge in [0.2, 0.25) is 0 Å². The molecule has 0 aromatic heterocycles. The van der Waals surface area contributed by atoms with Crippen LogP contribution in [-0.4, -0.2) is 28.4 Å². The molecule has 0 amide bonds. The predicted octanol–water partition coefficient (Wildman–Crippen LogP) is 1.80. The van der Waals surface area contributed by atoms with Crippen molar-refractivity contribution in [2.75, 3.05) is 6.26 Å². The van der Waals surface area contributed by atoms with E-state index in [9.17, 15) is 9.59 Å². The van der Waals surface area contributed by atoms with E-state index in [2.05, 4.69) is 0 Å². The summed E-state index contributed by atoms with van der Waals surface area (Å²) in [7, 11) is 0. The summed E-state index contributed by atoms with van der Waals surface area (Å²) in [6.07, 6.45) is 1.74. The van der Waals surface area contributed by atoms with Crippen molar-refractivity contribution >= 4 is 23.7 Å². The van der Waals surface area contributed by atoms with Crippen molar-refractivity contribution in [3.8, 4) is 0 Å². The molecule has 0 aliphatic carbocycles. The minimum absolute atomic E-state index is 0.0137. The lowest BCUT2D eigenvalue weighted by molar-refractivity contribution is 0.0693. The van der Waals surface area contributed by atoms with Crippen LogP contribution in [0.1, 0.15) is 20.7 Å². The Labute approximate surface area is 84.6 Å². The van der Waals surface area contributed by atoms with Crippen molar-refractivity contribution in [2.24, 2.45) is 0 Å². The van der Waals surface area contributed by atoms with E-state index in [4.69, 9.17) is 10.2 Å². The third kappa shape index (κ3) is 2.05. The molecule has 5 heteroatoms. The molecule has 0 bridgehead atoms. The second-order valence-electron chi connectivity index (χ2n) is 2.53. The summed E-state index contributed by atoms with van der Waals surface area (Å²) in [6, 6.07) is 4.05. The summed E-state index contributed by atoms with van der Waals surface area (Å²) in [4.78, 5) is 21.9. The highest BCUT2D eigenvalue weighted by Gasteiger charge is 2.12. The molecule has 0 saturated carbocycles. The van der Waals surface area contributed by atoms with Crippen molar-refractivity contribution in [3.05, 3.63) is 29.3 Å². The van der Waals surface area contributed by atoms with Gasteiger partial charge in [-0.1, -0.05) is 0 Å². The summed E-state index contributed by atoms with van der Waals surface area (Å²) in [5.41, 5.74) is 0.0117. The molecule has 1 rings (SSSR count). The molecule has 14 heavy (non-hydrogen) atoms. The Bertz CT molecular complexity index is 386. The summed E-state index contributed by atoms with van der Waals surface area (Å²) in [5, 5.41) is 17.5. The largest absolute Gasteiger partial charge is 0.478 e. The van der Waals surface area contributed by atoms with Crippen LogP contribution in [0.2, 0.25) is 0 Å². The Balaban J connectivity index is 3.27. The second-order valence-corrected chi connectivity index (χ2v) is 3.37. The van der Waals surface area contributed by atoms with Crippen molar-refractivity contribution in [2.45, 2.75) is 4.90 Å². The summed E-state index contributed by atoms with van der Waals surface area (Å²) >= 11 is 1.27. The topological polar surface area (TPSA) is 74.6 Å². The Morgan fingerprint density at radius 3 is 2.29 bits per heavy atom. The van der Waals surface area contributed by atoms with E-state index >= 15 is 0 Å². The average molecular weight is 212 g/mol. The van der Waals surface area contributed by atoms with Crippen LogP contribution in [0.15, 0.2) is 23.1 Å². The first-order chi connectivity index (χ1) is 6.56. The smallest absolute Gasteiger partial charge is 0.336 e. The maximum atomic E-state index is 10.7. The van der Waals surface area contributed by atoms with Gasteiger partial charge in [-0.05, 0) is 24.5 Å². The molecular formula is C9H8O4S. The minimum atomic E-state index is -1.12. The van der Waals surface area contributed by atoms with Crippen molar-refractivity contribution in [1.29, 1.82) is 0 Å². The fraction of sp³-hybridized carbons (Fsp3) is 0.111. The first-order valence-corrected chi connectivity index (χ1v) is 4.93. The molecule has 0 spiro atoms.